The van der Waals surface area contributed by atoms with E-state index in [1.54, 1.807) is 12.5 Å². The molecule has 3 aromatic carbocycles. The van der Waals surface area contributed by atoms with E-state index in [1.807, 2.05) is 9.47 Å². The van der Waals surface area contributed by atoms with E-state index in [-0.39, 0.29) is 11.3 Å². The lowest BCUT2D eigenvalue weighted by Gasteiger charge is -2.32. The zero-order valence-electron chi connectivity index (χ0n) is 23.4. The lowest BCUT2D eigenvalue weighted by molar-refractivity contribution is 0.0682. The summed E-state index contributed by atoms with van der Waals surface area (Å²) in [6.07, 6.45) is 6.59. The third-order valence-corrected chi connectivity index (χ3v) is 7.80. The van der Waals surface area contributed by atoms with Gasteiger partial charge in [-0.15, -0.1) is 0 Å². The maximum Gasteiger partial charge on any atom is 0.272 e. The van der Waals surface area contributed by atoms with Crippen molar-refractivity contribution in [3.05, 3.63) is 107 Å². The van der Waals surface area contributed by atoms with Gasteiger partial charge in [0.05, 0.1) is 12.5 Å². The number of carbonyl (C=O) groups excluding carboxylic acids is 1. The monoisotopic (exact) mass is 505 g/mol. The van der Waals surface area contributed by atoms with Gasteiger partial charge in [-0.25, -0.2) is 4.98 Å². The lowest BCUT2D eigenvalue weighted by atomic mass is 9.85. The highest BCUT2D eigenvalue weighted by Crippen LogP contribution is 2.27. The predicted octanol–water partition coefficient (Wildman–Crippen LogP) is 7.55. The second kappa shape index (κ2) is 10.6. The molecule has 1 fully saturated rings. The molecule has 1 aliphatic rings. The Morgan fingerprint density at radius 2 is 1.50 bits per heavy atom. The van der Waals surface area contributed by atoms with Crippen LogP contribution in [0.15, 0.2) is 79.3 Å². The van der Waals surface area contributed by atoms with Crippen molar-refractivity contribution in [2.45, 2.75) is 59.3 Å². The molecule has 1 amide bonds. The van der Waals surface area contributed by atoms with Crippen molar-refractivity contribution in [1.82, 2.24) is 14.5 Å². The van der Waals surface area contributed by atoms with Crippen molar-refractivity contribution in [1.29, 1.82) is 0 Å². The van der Waals surface area contributed by atoms with E-state index in [1.165, 1.54) is 33.4 Å². The summed E-state index contributed by atoms with van der Waals surface area (Å²) in [5.74, 6) is 0.677. The van der Waals surface area contributed by atoms with Crippen LogP contribution in [-0.2, 0) is 11.8 Å². The summed E-state index contributed by atoms with van der Waals surface area (Å²) >= 11 is 0. The smallest absolute Gasteiger partial charge is 0.272 e. The maximum atomic E-state index is 13.5. The quantitative estimate of drug-likeness (QED) is 0.281. The van der Waals surface area contributed by atoms with E-state index in [0.717, 1.165) is 38.0 Å². The summed E-state index contributed by atoms with van der Waals surface area (Å²) in [6, 6.07) is 24.1. The molecule has 196 valence electrons. The SMILES string of the molecule is Cc1cc(C)cc(-c2ccc(-n3cncc3C(=O)N3CCC(Cc4ccc(C(C)(C)C)cc4)CC3)cc2)c1. The second-order valence-corrected chi connectivity index (χ2v) is 12.0. The standard InChI is InChI=1S/C34H39N3O/c1-24-18-25(2)20-29(19-24)28-8-12-31(13-9-28)37-23-35-22-32(37)33(38)36-16-14-27(15-17-36)21-26-6-10-30(11-7-26)34(3,4)5/h6-13,18-20,22-23,27H,14-17,21H2,1-5H3. The van der Waals surface area contributed by atoms with Crippen molar-refractivity contribution >= 4 is 5.91 Å². The van der Waals surface area contributed by atoms with E-state index >= 15 is 0 Å². The first-order valence-electron chi connectivity index (χ1n) is 13.8. The highest BCUT2D eigenvalue weighted by Gasteiger charge is 2.26. The molecule has 1 aliphatic heterocycles. The number of hydrogen-bond acceptors (Lipinski definition) is 2. The summed E-state index contributed by atoms with van der Waals surface area (Å²) in [6.45, 7) is 12.6. The van der Waals surface area contributed by atoms with Crippen LogP contribution in [-0.4, -0.2) is 33.4 Å². The number of hydrogen-bond donors (Lipinski definition) is 0. The van der Waals surface area contributed by atoms with Crippen LogP contribution in [0.4, 0.5) is 0 Å². The van der Waals surface area contributed by atoms with E-state index in [4.69, 9.17) is 0 Å². The number of benzene rings is 3. The number of piperidine rings is 1. The fourth-order valence-electron chi connectivity index (χ4n) is 5.59. The maximum absolute atomic E-state index is 13.5. The van der Waals surface area contributed by atoms with Crippen molar-refractivity contribution in [2.24, 2.45) is 5.92 Å². The van der Waals surface area contributed by atoms with Gasteiger partial charge in [0.1, 0.15) is 5.69 Å². The van der Waals surface area contributed by atoms with Gasteiger partial charge in [0.25, 0.3) is 5.91 Å². The van der Waals surface area contributed by atoms with Crippen molar-refractivity contribution in [2.75, 3.05) is 13.1 Å². The minimum Gasteiger partial charge on any atom is -0.337 e. The summed E-state index contributed by atoms with van der Waals surface area (Å²) in [7, 11) is 0. The molecule has 4 heteroatoms. The predicted molar refractivity (Wildman–Crippen MR) is 156 cm³/mol. The van der Waals surface area contributed by atoms with Crippen LogP contribution >= 0.6 is 0 Å². The minimum atomic E-state index is 0.0638. The summed E-state index contributed by atoms with van der Waals surface area (Å²) in [5, 5.41) is 0. The highest BCUT2D eigenvalue weighted by atomic mass is 16.2. The van der Waals surface area contributed by atoms with Crippen molar-refractivity contribution < 1.29 is 4.79 Å². The second-order valence-electron chi connectivity index (χ2n) is 12.0. The summed E-state index contributed by atoms with van der Waals surface area (Å²) in [5.41, 5.74) is 9.42. The Labute approximate surface area is 227 Å². The lowest BCUT2D eigenvalue weighted by Crippen LogP contribution is -2.39. The molecule has 38 heavy (non-hydrogen) atoms. The molecule has 0 bridgehead atoms. The van der Waals surface area contributed by atoms with Crippen LogP contribution in [0.5, 0.6) is 0 Å². The third kappa shape index (κ3) is 5.75. The molecule has 5 rings (SSSR count). The van der Waals surface area contributed by atoms with Gasteiger partial charge in [-0.05, 0) is 78.8 Å². The largest absolute Gasteiger partial charge is 0.337 e. The van der Waals surface area contributed by atoms with Crippen LogP contribution < -0.4 is 0 Å². The molecule has 2 heterocycles. The van der Waals surface area contributed by atoms with E-state index < -0.39 is 0 Å². The molecule has 1 aromatic heterocycles. The molecule has 0 atom stereocenters. The van der Waals surface area contributed by atoms with Gasteiger partial charge in [-0.2, -0.15) is 0 Å². The number of likely N-dealkylation sites (tertiary alicyclic amines) is 1. The van der Waals surface area contributed by atoms with Crippen LogP contribution in [0.3, 0.4) is 0 Å². The van der Waals surface area contributed by atoms with Gasteiger partial charge in [-0.1, -0.05) is 86.5 Å². The number of carbonyl (C=O) groups is 1. The van der Waals surface area contributed by atoms with E-state index in [0.29, 0.717) is 11.6 Å². The van der Waals surface area contributed by atoms with Gasteiger partial charge < -0.3 is 4.90 Å². The number of nitrogens with zero attached hydrogens (tertiary/aromatic N) is 3. The Balaban J connectivity index is 1.22. The van der Waals surface area contributed by atoms with Gasteiger partial charge in [0.2, 0.25) is 0 Å². The Morgan fingerprint density at radius 1 is 0.868 bits per heavy atom. The molecule has 0 aliphatic carbocycles. The van der Waals surface area contributed by atoms with E-state index in [2.05, 4.69) is 106 Å². The number of imidazole rings is 1. The first-order chi connectivity index (χ1) is 18.2. The average Bonchev–Trinajstić information content (AvgIpc) is 3.38. The first kappa shape index (κ1) is 26.0. The molecule has 0 N–H and O–H groups in total. The van der Waals surface area contributed by atoms with E-state index in [9.17, 15) is 4.79 Å². The highest BCUT2D eigenvalue weighted by molar-refractivity contribution is 5.93. The number of aromatic nitrogens is 2. The first-order valence-corrected chi connectivity index (χ1v) is 13.8. The van der Waals surface area contributed by atoms with Crippen LogP contribution in [0.1, 0.15) is 66.4 Å². The molecule has 4 nitrogen and oxygen atoms in total. The van der Waals surface area contributed by atoms with Crippen LogP contribution in [0.25, 0.3) is 16.8 Å². The van der Waals surface area contributed by atoms with Gasteiger partial charge >= 0.3 is 0 Å². The molecular weight excluding hydrogens is 466 g/mol. The molecule has 4 aromatic rings. The average molecular weight is 506 g/mol. The Kier molecular flexibility index (Phi) is 7.25. The molecule has 0 unspecified atom stereocenters. The van der Waals surface area contributed by atoms with Gasteiger partial charge in [0, 0.05) is 18.8 Å². The normalized spacial score (nSPS) is 14.6. The zero-order chi connectivity index (χ0) is 26.9. The molecule has 0 radical (unpaired) electrons. The number of aryl methyl sites for hydroxylation is 2. The van der Waals surface area contributed by atoms with Crippen LogP contribution in [0, 0.1) is 19.8 Å². The summed E-state index contributed by atoms with van der Waals surface area (Å²) < 4.78 is 1.91. The minimum absolute atomic E-state index is 0.0638. The molecular formula is C34H39N3O. The summed E-state index contributed by atoms with van der Waals surface area (Å²) in [4.78, 5) is 19.8. The molecule has 1 saturated heterocycles. The third-order valence-electron chi connectivity index (χ3n) is 7.80. The van der Waals surface area contributed by atoms with Crippen molar-refractivity contribution in [3.8, 4) is 16.8 Å². The Hall–Kier alpha value is -3.66. The Bertz CT molecular complexity index is 1380. The number of rotatable bonds is 5. The molecule has 0 saturated carbocycles. The molecule has 0 spiro atoms. The van der Waals surface area contributed by atoms with Crippen LogP contribution in [0.2, 0.25) is 0 Å². The zero-order valence-corrected chi connectivity index (χ0v) is 23.4. The van der Waals surface area contributed by atoms with Gasteiger partial charge in [-0.3, -0.25) is 9.36 Å². The fourth-order valence-corrected chi connectivity index (χ4v) is 5.59. The topological polar surface area (TPSA) is 38.1 Å². The Morgan fingerprint density at radius 3 is 2.11 bits per heavy atom. The number of amides is 1. The fraction of sp³-hybridized carbons (Fsp3) is 0.353. The van der Waals surface area contributed by atoms with Crippen molar-refractivity contribution in [3.63, 3.8) is 0 Å². The van der Waals surface area contributed by atoms with Gasteiger partial charge in [0.15, 0.2) is 0 Å².